The van der Waals surface area contributed by atoms with Crippen LogP contribution in [0.15, 0.2) is 29.2 Å². The molecule has 1 aliphatic rings. The van der Waals surface area contributed by atoms with E-state index in [0.717, 1.165) is 24.8 Å². The lowest BCUT2D eigenvalue weighted by Crippen LogP contribution is -2.36. The first kappa shape index (κ1) is 20.4. The average Bonchev–Trinajstić information content (AvgIpc) is 2.65. The van der Waals surface area contributed by atoms with Gasteiger partial charge in [0.15, 0.2) is 0 Å². The lowest BCUT2D eigenvalue weighted by atomic mass is 10.1. The van der Waals surface area contributed by atoms with Crippen LogP contribution in [0, 0.1) is 0 Å². The summed E-state index contributed by atoms with van der Waals surface area (Å²) < 4.78 is 26.7. The maximum atomic E-state index is 12.6. The molecule has 0 aromatic heterocycles. The standard InChI is InChI=1S/C18H27N3O4S/c1-20(2)18(23)14-19-17(22)11-8-15-6-9-16(10-7-15)26(24,25)21-12-4-3-5-13-21/h6-7,9-10H,3-5,8,11-14H2,1-2H3,(H,19,22). The van der Waals surface area contributed by atoms with Gasteiger partial charge in [0.1, 0.15) is 0 Å². The summed E-state index contributed by atoms with van der Waals surface area (Å²) in [4.78, 5) is 24.9. The molecule has 2 amide bonds. The average molecular weight is 381 g/mol. The Morgan fingerprint density at radius 3 is 2.27 bits per heavy atom. The summed E-state index contributed by atoms with van der Waals surface area (Å²) in [6.45, 7) is 1.14. The van der Waals surface area contributed by atoms with Crippen LogP contribution in [-0.4, -0.2) is 63.2 Å². The van der Waals surface area contributed by atoms with Gasteiger partial charge >= 0.3 is 0 Å². The number of nitrogens with one attached hydrogen (secondary N) is 1. The monoisotopic (exact) mass is 381 g/mol. The van der Waals surface area contributed by atoms with E-state index >= 15 is 0 Å². The van der Waals surface area contributed by atoms with Crippen molar-refractivity contribution in [1.29, 1.82) is 0 Å². The van der Waals surface area contributed by atoms with E-state index in [-0.39, 0.29) is 24.8 Å². The molecular formula is C18H27N3O4S. The van der Waals surface area contributed by atoms with Crippen molar-refractivity contribution >= 4 is 21.8 Å². The third-order valence-electron chi connectivity index (χ3n) is 4.45. The Kier molecular flexibility index (Phi) is 7.16. The first-order valence-electron chi connectivity index (χ1n) is 8.86. The van der Waals surface area contributed by atoms with Crippen LogP contribution in [0.4, 0.5) is 0 Å². The van der Waals surface area contributed by atoms with E-state index in [2.05, 4.69) is 5.32 Å². The fraction of sp³-hybridized carbons (Fsp3) is 0.556. The number of piperidine rings is 1. The van der Waals surface area contributed by atoms with Gasteiger partial charge in [-0.1, -0.05) is 18.6 Å². The zero-order valence-corrected chi connectivity index (χ0v) is 16.2. The van der Waals surface area contributed by atoms with Crippen molar-refractivity contribution in [1.82, 2.24) is 14.5 Å². The van der Waals surface area contributed by atoms with Gasteiger partial charge in [-0.25, -0.2) is 8.42 Å². The van der Waals surface area contributed by atoms with E-state index in [9.17, 15) is 18.0 Å². The van der Waals surface area contributed by atoms with E-state index in [4.69, 9.17) is 0 Å². The van der Waals surface area contributed by atoms with Crippen LogP contribution in [0.1, 0.15) is 31.2 Å². The molecule has 1 aromatic rings. The minimum absolute atomic E-state index is 0.0150. The second-order valence-corrected chi connectivity index (χ2v) is 8.61. The van der Waals surface area contributed by atoms with E-state index in [1.807, 2.05) is 0 Å². The number of likely N-dealkylation sites (N-methyl/N-ethyl adjacent to an activating group) is 1. The normalized spacial score (nSPS) is 15.5. The summed E-state index contributed by atoms with van der Waals surface area (Å²) in [5.41, 5.74) is 0.886. The topological polar surface area (TPSA) is 86.8 Å². The number of carbonyl (C=O) groups is 2. The van der Waals surface area contributed by atoms with Crippen LogP contribution in [0.3, 0.4) is 0 Å². The first-order valence-corrected chi connectivity index (χ1v) is 10.3. The number of amides is 2. The largest absolute Gasteiger partial charge is 0.347 e. The number of carbonyl (C=O) groups excluding carboxylic acids is 2. The Morgan fingerprint density at radius 1 is 1.08 bits per heavy atom. The van der Waals surface area contributed by atoms with Crippen molar-refractivity contribution in [2.45, 2.75) is 37.0 Å². The Hall–Kier alpha value is -1.93. The van der Waals surface area contributed by atoms with Gasteiger partial charge in [-0.3, -0.25) is 9.59 Å². The Morgan fingerprint density at radius 2 is 1.69 bits per heavy atom. The molecule has 2 rings (SSSR count). The van der Waals surface area contributed by atoms with Crippen molar-refractivity contribution in [3.8, 4) is 0 Å². The van der Waals surface area contributed by atoms with Gasteiger partial charge in [0.25, 0.3) is 0 Å². The van der Waals surface area contributed by atoms with Crippen LogP contribution < -0.4 is 5.32 Å². The zero-order chi connectivity index (χ0) is 19.2. The highest BCUT2D eigenvalue weighted by atomic mass is 32.2. The molecule has 0 bridgehead atoms. The summed E-state index contributed by atoms with van der Waals surface area (Å²) in [6.07, 6.45) is 3.63. The highest BCUT2D eigenvalue weighted by molar-refractivity contribution is 7.89. The van der Waals surface area contributed by atoms with Crippen molar-refractivity contribution < 1.29 is 18.0 Å². The van der Waals surface area contributed by atoms with Gasteiger partial charge in [-0.2, -0.15) is 4.31 Å². The summed E-state index contributed by atoms with van der Waals surface area (Å²) >= 11 is 0. The molecule has 0 saturated carbocycles. The molecule has 144 valence electrons. The summed E-state index contributed by atoms with van der Waals surface area (Å²) in [5.74, 6) is -0.365. The van der Waals surface area contributed by atoms with Gasteiger partial charge in [0.2, 0.25) is 21.8 Å². The SMILES string of the molecule is CN(C)C(=O)CNC(=O)CCc1ccc(S(=O)(=O)N2CCCCC2)cc1. The van der Waals surface area contributed by atoms with Crippen LogP contribution in [-0.2, 0) is 26.0 Å². The molecule has 1 heterocycles. The second kappa shape index (κ2) is 9.14. The molecule has 0 atom stereocenters. The van der Waals surface area contributed by atoms with Crippen molar-refractivity contribution in [2.75, 3.05) is 33.7 Å². The van der Waals surface area contributed by atoms with Gasteiger partial charge in [0, 0.05) is 33.6 Å². The highest BCUT2D eigenvalue weighted by Gasteiger charge is 2.25. The summed E-state index contributed by atoms with van der Waals surface area (Å²) in [5, 5.41) is 2.58. The minimum Gasteiger partial charge on any atom is -0.347 e. The number of nitrogens with zero attached hydrogens (tertiary/aromatic N) is 2. The first-order chi connectivity index (χ1) is 12.3. The van der Waals surface area contributed by atoms with Gasteiger partial charge < -0.3 is 10.2 Å². The third kappa shape index (κ3) is 5.54. The molecule has 1 N–H and O–H groups in total. The van der Waals surface area contributed by atoms with Gasteiger partial charge in [0.05, 0.1) is 11.4 Å². The summed E-state index contributed by atoms with van der Waals surface area (Å²) in [6, 6.07) is 6.70. The maximum absolute atomic E-state index is 12.6. The molecule has 26 heavy (non-hydrogen) atoms. The van der Waals surface area contributed by atoms with Crippen molar-refractivity contribution in [3.63, 3.8) is 0 Å². The van der Waals surface area contributed by atoms with E-state index in [1.54, 1.807) is 42.7 Å². The van der Waals surface area contributed by atoms with E-state index in [0.29, 0.717) is 24.4 Å². The quantitative estimate of drug-likeness (QED) is 0.763. The summed E-state index contributed by atoms with van der Waals surface area (Å²) in [7, 11) is -0.159. The van der Waals surface area contributed by atoms with Gasteiger partial charge in [-0.15, -0.1) is 0 Å². The molecule has 1 fully saturated rings. The number of sulfonamides is 1. The molecule has 1 saturated heterocycles. The predicted molar refractivity (Wildman–Crippen MR) is 99.1 cm³/mol. The van der Waals surface area contributed by atoms with E-state index in [1.165, 1.54) is 4.90 Å². The molecule has 7 nitrogen and oxygen atoms in total. The number of hydrogen-bond acceptors (Lipinski definition) is 4. The highest BCUT2D eigenvalue weighted by Crippen LogP contribution is 2.21. The maximum Gasteiger partial charge on any atom is 0.243 e. The van der Waals surface area contributed by atoms with Gasteiger partial charge in [-0.05, 0) is 37.0 Å². The molecular weight excluding hydrogens is 354 g/mol. The van der Waals surface area contributed by atoms with Crippen molar-refractivity contribution in [2.24, 2.45) is 0 Å². The lowest BCUT2D eigenvalue weighted by molar-refractivity contribution is -0.130. The number of hydrogen-bond donors (Lipinski definition) is 1. The van der Waals surface area contributed by atoms with Crippen LogP contribution in [0.25, 0.3) is 0 Å². The lowest BCUT2D eigenvalue weighted by Gasteiger charge is -2.25. The molecule has 0 aliphatic carbocycles. The predicted octanol–water partition coefficient (Wildman–Crippen LogP) is 0.998. The molecule has 1 aliphatic heterocycles. The fourth-order valence-corrected chi connectivity index (χ4v) is 4.28. The number of benzene rings is 1. The molecule has 0 radical (unpaired) electrons. The smallest absolute Gasteiger partial charge is 0.243 e. The molecule has 8 heteroatoms. The van der Waals surface area contributed by atoms with Crippen LogP contribution in [0.2, 0.25) is 0 Å². The Labute approximate surface area is 155 Å². The van der Waals surface area contributed by atoms with Crippen LogP contribution >= 0.6 is 0 Å². The van der Waals surface area contributed by atoms with Crippen molar-refractivity contribution in [3.05, 3.63) is 29.8 Å². The number of rotatable bonds is 7. The van der Waals surface area contributed by atoms with E-state index < -0.39 is 10.0 Å². The fourth-order valence-electron chi connectivity index (χ4n) is 2.76. The second-order valence-electron chi connectivity index (χ2n) is 6.67. The zero-order valence-electron chi connectivity index (χ0n) is 15.4. The number of aryl methyl sites for hydroxylation is 1. The third-order valence-corrected chi connectivity index (χ3v) is 6.37. The Bertz CT molecular complexity index is 723. The van der Waals surface area contributed by atoms with Crippen LogP contribution in [0.5, 0.6) is 0 Å². The molecule has 1 aromatic carbocycles. The molecule has 0 spiro atoms. The minimum atomic E-state index is -3.42. The Balaban J connectivity index is 1.87. The molecule has 0 unspecified atom stereocenters.